The maximum atomic E-state index is 12.9. The number of carbonyl (C=O) groups is 2. The number of amides is 2. The van der Waals surface area contributed by atoms with Crippen LogP contribution in [0, 0.1) is 11.8 Å². The molecule has 0 spiro atoms. The standard InChI is InChI=1S/C24H47N2O11P/c1-20(2)6-10-33-12-14-35-16-17-36-15-13-34-11-7-23(28)25-22(19-37-38(30,31)32-3)24(29)26-8-4-21(18-27)5-9-26/h20-22,27H,4-19H2,1-3H3,(H,25,28)(H,30,31)/t22-/m0/s1. The molecule has 3 N–H and O–H groups in total. The molecule has 0 aliphatic carbocycles. The molecule has 2 amide bonds. The van der Waals surface area contributed by atoms with Crippen molar-refractivity contribution < 1.29 is 52.1 Å². The minimum absolute atomic E-state index is 0.0165. The number of phosphoric ester groups is 1. The van der Waals surface area contributed by atoms with Crippen LogP contribution in [-0.2, 0) is 42.1 Å². The summed E-state index contributed by atoms with van der Waals surface area (Å²) in [5, 5.41) is 11.8. The van der Waals surface area contributed by atoms with Crippen molar-refractivity contribution in [3.05, 3.63) is 0 Å². The van der Waals surface area contributed by atoms with Gasteiger partial charge >= 0.3 is 7.82 Å². The summed E-state index contributed by atoms with van der Waals surface area (Å²) < 4.78 is 42.6. The molecule has 38 heavy (non-hydrogen) atoms. The Hall–Kier alpha value is -1.15. The molecule has 224 valence electrons. The van der Waals surface area contributed by atoms with E-state index >= 15 is 0 Å². The average molecular weight is 571 g/mol. The first-order valence-electron chi connectivity index (χ1n) is 13.2. The van der Waals surface area contributed by atoms with Gasteiger partial charge in [-0.15, -0.1) is 0 Å². The van der Waals surface area contributed by atoms with E-state index in [9.17, 15) is 24.2 Å². The summed E-state index contributed by atoms with van der Waals surface area (Å²) in [6.07, 6.45) is 2.28. The van der Waals surface area contributed by atoms with Crippen LogP contribution in [0.25, 0.3) is 0 Å². The predicted octanol–water partition coefficient (Wildman–Crippen LogP) is 0.968. The van der Waals surface area contributed by atoms with E-state index in [0.29, 0.717) is 71.5 Å². The highest BCUT2D eigenvalue weighted by Crippen LogP contribution is 2.41. The first kappa shape index (κ1) is 34.9. The largest absolute Gasteiger partial charge is 0.471 e. The summed E-state index contributed by atoms with van der Waals surface area (Å²) in [5.41, 5.74) is 0. The van der Waals surface area contributed by atoms with E-state index < -0.39 is 32.3 Å². The lowest BCUT2D eigenvalue weighted by atomic mass is 9.97. The number of aliphatic hydroxyl groups is 1. The van der Waals surface area contributed by atoms with Gasteiger partial charge in [0, 0.05) is 39.8 Å². The van der Waals surface area contributed by atoms with Gasteiger partial charge < -0.3 is 39.2 Å². The first-order valence-corrected chi connectivity index (χ1v) is 14.7. The SMILES string of the molecule is COP(=O)(O)OC[C@H](NC(=O)CCOCCOCCOCCOCCC(C)C)C(=O)N1CCC(CO)CC1. The number of piperidine rings is 1. The summed E-state index contributed by atoms with van der Waals surface area (Å²) >= 11 is 0. The van der Waals surface area contributed by atoms with E-state index in [-0.39, 0.29) is 25.6 Å². The smallest absolute Gasteiger partial charge is 0.396 e. The lowest BCUT2D eigenvalue weighted by Crippen LogP contribution is -2.53. The van der Waals surface area contributed by atoms with Crippen molar-refractivity contribution in [2.24, 2.45) is 11.8 Å². The number of aliphatic hydroxyl groups excluding tert-OH is 1. The van der Waals surface area contributed by atoms with E-state index in [2.05, 4.69) is 23.7 Å². The van der Waals surface area contributed by atoms with Crippen molar-refractivity contribution in [1.82, 2.24) is 10.2 Å². The molecule has 0 aromatic carbocycles. The Morgan fingerprint density at radius 3 is 1.97 bits per heavy atom. The fraction of sp³-hybridized carbons (Fsp3) is 0.917. The zero-order chi connectivity index (χ0) is 28.2. The zero-order valence-electron chi connectivity index (χ0n) is 23.0. The molecule has 2 atom stereocenters. The fourth-order valence-electron chi connectivity index (χ4n) is 3.46. The summed E-state index contributed by atoms with van der Waals surface area (Å²) in [7, 11) is -3.32. The van der Waals surface area contributed by atoms with Gasteiger partial charge in [-0.05, 0) is 31.1 Å². The number of likely N-dealkylation sites (tertiary alicyclic amines) is 1. The minimum Gasteiger partial charge on any atom is -0.396 e. The molecular formula is C24H47N2O11P. The van der Waals surface area contributed by atoms with Gasteiger partial charge in [0.1, 0.15) is 6.04 Å². The Balaban J connectivity index is 2.23. The third kappa shape index (κ3) is 16.7. The molecule has 1 unspecified atom stereocenters. The predicted molar refractivity (Wildman–Crippen MR) is 138 cm³/mol. The number of rotatable bonds is 22. The summed E-state index contributed by atoms with van der Waals surface area (Å²) in [4.78, 5) is 36.4. The highest BCUT2D eigenvalue weighted by atomic mass is 31.2. The van der Waals surface area contributed by atoms with E-state index in [1.54, 1.807) is 4.90 Å². The van der Waals surface area contributed by atoms with Crippen LogP contribution in [0.15, 0.2) is 0 Å². The molecule has 0 radical (unpaired) electrons. The van der Waals surface area contributed by atoms with Crippen molar-refractivity contribution in [3.8, 4) is 0 Å². The lowest BCUT2D eigenvalue weighted by Gasteiger charge is -2.33. The molecule has 1 rings (SSSR count). The van der Waals surface area contributed by atoms with Gasteiger partial charge in [0.05, 0.1) is 52.9 Å². The monoisotopic (exact) mass is 570 g/mol. The molecule has 1 saturated heterocycles. The fourth-order valence-corrected chi connectivity index (χ4v) is 3.91. The van der Waals surface area contributed by atoms with Gasteiger partial charge in [-0.2, -0.15) is 0 Å². The number of nitrogens with one attached hydrogen (secondary N) is 1. The van der Waals surface area contributed by atoms with Crippen LogP contribution in [0.1, 0.15) is 39.5 Å². The highest BCUT2D eigenvalue weighted by molar-refractivity contribution is 7.47. The third-order valence-corrected chi connectivity index (χ3v) is 6.82. The molecule has 0 aromatic rings. The van der Waals surface area contributed by atoms with Crippen molar-refractivity contribution in [3.63, 3.8) is 0 Å². The van der Waals surface area contributed by atoms with Gasteiger partial charge in [-0.1, -0.05) is 13.8 Å². The van der Waals surface area contributed by atoms with Crippen LogP contribution in [0.5, 0.6) is 0 Å². The van der Waals surface area contributed by atoms with Crippen molar-refractivity contribution in [2.45, 2.75) is 45.6 Å². The Morgan fingerprint density at radius 1 is 0.947 bits per heavy atom. The molecule has 1 fully saturated rings. The molecule has 1 aliphatic rings. The number of ether oxygens (including phenoxy) is 4. The van der Waals surface area contributed by atoms with Crippen LogP contribution in [0.2, 0.25) is 0 Å². The van der Waals surface area contributed by atoms with Gasteiger partial charge in [-0.3, -0.25) is 18.6 Å². The van der Waals surface area contributed by atoms with Crippen LogP contribution >= 0.6 is 7.82 Å². The molecular weight excluding hydrogens is 523 g/mol. The maximum Gasteiger partial charge on any atom is 0.471 e. The minimum atomic E-state index is -4.33. The van der Waals surface area contributed by atoms with Crippen molar-refractivity contribution in [2.75, 3.05) is 86.3 Å². The lowest BCUT2D eigenvalue weighted by molar-refractivity contribution is -0.139. The number of hydrogen-bond donors (Lipinski definition) is 3. The number of hydrogen-bond acceptors (Lipinski definition) is 10. The van der Waals surface area contributed by atoms with E-state index in [1.165, 1.54) is 0 Å². The Labute approximate surface area is 226 Å². The molecule has 14 heteroatoms. The van der Waals surface area contributed by atoms with Gasteiger partial charge in [0.15, 0.2) is 0 Å². The van der Waals surface area contributed by atoms with Crippen LogP contribution in [0.4, 0.5) is 0 Å². The van der Waals surface area contributed by atoms with Gasteiger partial charge in [0.2, 0.25) is 11.8 Å². The second-order valence-electron chi connectivity index (χ2n) is 9.40. The van der Waals surface area contributed by atoms with Gasteiger partial charge in [0.25, 0.3) is 0 Å². The number of nitrogens with zero attached hydrogens (tertiary/aromatic N) is 1. The van der Waals surface area contributed by atoms with E-state index in [1.807, 2.05) is 0 Å². The molecule has 0 saturated carbocycles. The second-order valence-corrected chi connectivity index (χ2v) is 11.0. The first-order chi connectivity index (χ1) is 18.2. The summed E-state index contributed by atoms with van der Waals surface area (Å²) in [6, 6.07) is -1.16. The zero-order valence-corrected chi connectivity index (χ0v) is 23.9. The summed E-state index contributed by atoms with van der Waals surface area (Å²) in [6.45, 7) is 8.10. The van der Waals surface area contributed by atoms with Crippen LogP contribution in [-0.4, -0.2) is 119 Å². The normalized spacial score (nSPS) is 16.9. The van der Waals surface area contributed by atoms with Gasteiger partial charge in [-0.25, -0.2) is 4.57 Å². The Kier molecular flexibility index (Phi) is 19.0. The Morgan fingerprint density at radius 2 is 1.47 bits per heavy atom. The third-order valence-electron chi connectivity index (χ3n) is 5.88. The van der Waals surface area contributed by atoms with Crippen LogP contribution < -0.4 is 5.32 Å². The molecule has 13 nitrogen and oxygen atoms in total. The average Bonchev–Trinajstić information content (AvgIpc) is 2.90. The van der Waals surface area contributed by atoms with Crippen molar-refractivity contribution in [1.29, 1.82) is 0 Å². The molecule has 0 aromatic heterocycles. The van der Waals surface area contributed by atoms with E-state index in [4.69, 9.17) is 23.5 Å². The molecule has 1 aliphatic heterocycles. The molecule has 1 heterocycles. The second kappa shape index (κ2) is 20.7. The number of phosphoric acid groups is 1. The topological polar surface area (TPSA) is 162 Å². The summed E-state index contributed by atoms with van der Waals surface area (Å²) in [5.74, 6) is -0.142. The quantitative estimate of drug-likeness (QED) is 0.126. The highest BCUT2D eigenvalue weighted by Gasteiger charge is 2.31. The van der Waals surface area contributed by atoms with E-state index in [0.717, 1.165) is 20.1 Å². The van der Waals surface area contributed by atoms with Crippen LogP contribution in [0.3, 0.4) is 0 Å². The van der Waals surface area contributed by atoms with Crippen molar-refractivity contribution >= 4 is 19.6 Å². The maximum absolute atomic E-state index is 12.9. The Bertz CT molecular complexity index is 690. The number of carbonyl (C=O) groups excluding carboxylic acids is 2. The molecule has 0 bridgehead atoms.